The zero-order chi connectivity index (χ0) is 16.5. The number of ether oxygens (including phenoxy) is 2. The molecule has 0 saturated heterocycles. The Hall–Kier alpha value is -1.92. The lowest BCUT2D eigenvalue weighted by Crippen LogP contribution is -2.21. The quantitative estimate of drug-likeness (QED) is 0.722. The summed E-state index contributed by atoms with van der Waals surface area (Å²) in [6.45, 7) is 6.31. The lowest BCUT2D eigenvalue weighted by Gasteiger charge is -2.12. The molecule has 0 aromatic heterocycles. The summed E-state index contributed by atoms with van der Waals surface area (Å²) < 4.78 is 10.0. The van der Waals surface area contributed by atoms with Gasteiger partial charge in [0.25, 0.3) is 0 Å². The molecule has 1 rings (SSSR count). The van der Waals surface area contributed by atoms with Crippen LogP contribution in [0.3, 0.4) is 0 Å². The van der Waals surface area contributed by atoms with Gasteiger partial charge >= 0.3 is 0 Å². The fourth-order valence-electron chi connectivity index (χ4n) is 1.61. The van der Waals surface area contributed by atoms with Gasteiger partial charge in [-0.2, -0.15) is 0 Å². The highest BCUT2D eigenvalue weighted by molar-refractivity contribution is 5.95. The molecule has 0 bridgehead atoms. The van der Waals surface area contributed by atoms with Crippen molar-refractivity contribution in [1.82, 2.24) is 0 Å². The molecule has 0 unspecified atom stereocenters. The summed E-state index contributed by atoms with van der Waals surface area (Å²) in [5, 5.41) is 5.58. The summed E-state index contributed by atoms with van der Waals surface area (Å²) >= 11 is 0. The van der Waals surface area contributed by atoms with E-state index in [4.69, 9.17) is 9.47 Å². The molecule has 0 spiro atoms. The number of aryl methyl sites for hydroxylation is 1. The Labute approximate surface area is 131 Å². The third-order valence-electron chi connectivity index (χ3n) is 2.97. The van der Waals surface area contributed by atoms with Gasteiger partial charge in [-0.05, 0) is 24.6 Å². The highest BCUT2D eigenvalue weighted by Gasteiger charge is 2.10. The van der Waals surface area contributed by atoms with Crippen LogP contribution in [0, 0.1) is 12.8 Å². The first-order valence-corrected chi connectivity index (χ1v) is 7.22. The van der Waals surface area contributed by atoms with Crippen LogP contribution >= 0.6 is 0 Å². The molecule has 0 fully saturated rings. The Bertz CT molecular complexity index is 515. The molecule has 6 nitrogen and oxygen atoms in total. The Morgan fingerprint density at radius 3 is 2.55 bits per heavy atom. The van der Waals surface area contributed by atoms with Crippen molar-refractivity contribution in [2.45, 2.75) is 20.8 Å². The second-order valence-corrected chi connectivity index (χ2v) is 5.27. The van der Waals surface area contributed by atoms with Gasteiger partial charge in [0.2, 0.25) is 11.8 Å². The topological polar surface area (TPSA) is 76.7 Å². The van der Waals surface area contributed by atoms with Crippen molar-refractivity contribution in [3.63, 3.8) is 0 Å². The van der Waals surface area contributed by atoms with Crippen molar-refractivity contribution in [2.24, 2.45) is 5.92 Å². The summed E-state index contributed by atoms with van der Waals surface area (Å²) in [4.78, 5) is 23.5. The van der Waals surface area contributed by atoms with Crippen LogP contribution < -0.4 is 10.6 Å². The number of nitrogens with one attached hydrogen (secondary N) is 2. The summed E-state index contributed by atoms with van der Waals surface area (Å²) in [5.74, 6) is -0.413. The van der Waals surface area contributed by atoms with E-state index in [1.54, 1.807) is 19.2 Å². The summed E-state index contributed by atoms with van der Waals surface area (Å²) in [6.07, 6.45) is 0. The molecule has 0 aliphatic heterocycles. The van der Waals surface area contributed by atoms with Crippen LogP contribution in [0.4, 0.5) is 11.4 Å². The van der Waals surface area contributed by atoms with Crippen LogP contribution in [0.1, 0.15) is 19.4 Å². The van der Waals surface area contributed by atoms with Crippen molar-refractivity contribution in [2.75, 3.05) is 37.6 Å². The van der Waals surface area contributed by atoms with Gasteiger partial charge in [-0.1, -0.05) is 19.9 Å². The largest absolute Gasteiger partial charge is 0.382 e. The molecule has 2 amide bonds. The number of hydrogen-bond donors (Lipinski definition) is 2. The highest BCUT2D eigenvalue weighted by atomic mass is 16.5. The number of benzene rings is 1. The average Bonchev–Trinajstić information content (AvgIpc) is 2.47. The molecule has 0 radical (unpaired) electrons. The van der Waals surface area contributed by atoms with Gasteiger partial charge in [0.05, 0.1) is 13.2 Å². The van der Waals surface area contributed by atoms with E-state index in [1.807, 2.05) is 26.8 Å². The Morgan fingerprint density at radius 2 is 1.91 bits per heavy atom. The van der Waals surface area contributed by atoms with Crippen molar-refractivity contribution >= 4 is 23.2 Å². The van der Waals surface area contributed by atoms with Crippen molar-refractivity contribution < 1.29 is 19.1 Å². The van der Waals surface area contributed by atoms with Crippen LogP contribution in [0.25, 0.3) is 0 Å². The minimum atomic E-state index is -0.244. The van der Waals surface area contributed by atoms with Gasteiger partial charge < -0.3 is 20.1 Å². The average molecular weight is 308 g/mol. The first-order chi connectivity index (χ1) is 10.4. The summed E-state index contributed by atoms with van der Waals surface area (Å²) in [7, 11) is 1.57. The van der Waals surface area contributed by atoms with Gasteiger partial charge in [0.15, 0.2) is 0 Å². The van der Waals surface area contributed by atoms with Crippen LogP contribution in [-0.2, 0) is 19.1 Å². The Morgan fingerprint density at radius 1 is 1.18 bits per heavy atom. The highest BCUT2D eigenvalue weighted by Crippen LogP contribution is 2.20. The molecule has 0 atom stereocenters. The Balaban J connectivity index is 2.62. The second kappa shape index (κ2) is 9.17. The van der Waals surface area contributed by atoms with Gasteiger partial charge in [-0.15, -0.1) is 0 Å². The fraction of sp³-hybridized carbons (Fsp3) is 0.500. The maximum Gasteiger partial charge on any atom is 0.250 e. The molecule has 0 aliphatic rings. The van der Waals surface area contributed by atoms with E-state index in [0.29, 0.717) is 24.6 Å². The first kappa shape index (κ1) is 18.1. The standard InChI is InChI=1S/C16H24N2O4/c1-11(2)16(20)17-13-6-5-12(3)14(9-13)18-15(19)10-22-8-7-21-4/h5-6,9,11H,7-8,10H2,1-4H3,(H,17,20)(H,18,19). The number of carbonyl (C=O) groups excluding carboxylic acids is 2. The molecule has 0 heterocycles. The zero-order valence-corrected chi connectivity index (χ0v) is 13.6. The van der Waals surface area contributed by atoms with Crippen LogP contribution in [-0.4, -0.2) is 38.7 Å². The number of methoxy groups -OCH3 is 1. The number of carbonyl (C=O) groups is 2. The van der Waals surface area contributed by atoms with Crippen molar-refractivity contribution in [3.05, 3.63) is 23.8 Å². The van der Waals surface area contributed by atoms with E-state index in [0.717, 1.165) is 5.56 Å². The van der Waals surface area contributed by atoms with Crippen LogP contribution in [0.2, 0.25) is 0 Å². The smallest absolute Gasteiger partial charge is 0.250 e. The predicted octanol–water partition coefficient (Wildman–Crippen LogP) is 2.19. The first-order valence-electron chi connectivity index (χ1n) is 7.22. The predicted molar refractivity (Wildman–Crippen MR) is 86.0 cm³/mol. The van der Waals surface area contributed by atoms with Gasteiger partial charge in [0, 0.05) is 24.4 Å². The SMILES string of the molecule is COCCOCC(=O)Nc1cc(NC(=O)C(C)C)ccc1C. The molecular formula is C16H24N2O4. The molecule has 22 heavy (non-hydrogen) atoms. The minimum absolute atomic E-state index is 0.0363. The molecule has 0 saturated carbocycles. The normalized spacial score (nSPS) is 10.6. The van der Waals surface area contributed by atoms with E-state index in [9.17, 15) is 9.59 Å². The van der Waals surface area contributed by atoms with E-state index in [-0.39, 0.29) is 24.3 Å². The molecule has 0 aliphatic carbocycles. The number of amides is 2. The Kier molecular flexibility index (Phi) is 7.56. The van der Waals surface area contributed by atoms with Crippen molar-refractivity contribution in [3.8, 4) is 0 Å². The lowest BCUT2D eigenvalue weighted by molar-refractivity contribution is -0.121. The summed E-state index contributed by atoms with van der Waals surface area (Å²) in [6, 6.07) is 5.39. The van der Waals surface area contributed by atoms with E-state index < -0.39 is 0 Å². The van der Waals surface area contributed by atoms with E-state index >= 15 is 0 Å². The van der Waals surface area contributed by atoms with Gasteiger partial charge in [0.1, 0.15) is 6.61 Å². The third-order valence-corrected chi connectivity index (χ3v) is 2.97. The molecule has 1 aromatic rings. The van der Waals surface area contributed by atoms with Crippen LogP contribution in [0.15, 0.2) is 18.2 Å². The van der Waals surface area contributed by atoms with Crippen LogP contribution in [0.5, 0.6) is 0 Å². The fourth-order valence-corrected chi connectivity index (χ4v) is 1.61. The lowest BCUT2D eigenvalue weighted by atomic mass is 10.1. The number of hydrogen-bond acceptors (Lipinski definition) is 4. The third kappa shape index (κ3) is 6.24. The summed E-state index contributed by atoms with van der Waals surface area (Å²) in [5.41, 5.74) is 2.22. The number of anilines is 2. The van der Waals surface area contributed by atoms with Crippen molar-refractivity contribution in [1.29, 1.82) is 0 Å². The molecular weight excluding hydrogens is 284 g/mol. The second-order valence-electron chi connectivity index (χ2n) is 5.27. The molecule has 2 N–H and O–H groups in total. The molecule has 122 valence electrons. The maximum absolute atomic E-state index is 11.8. The molecule has 6 heteroatoms. The van der Waals surface area contributed by atoms with Gasteiger partial charge in [-0.3, -0.25) is 9.59 Å². The molecule has 1 aromatic carbocycles. The minimum Gasteiger partial charge on any atom is -0.382 e. The zero-order valence-electron chi connectivity index (χ0n) is 13.6. The number of rotatable bonds is 8. The maximum atomic E-state index is 11.8. The van der Waals surface area contributed by atoms with E-state index in [1.165, 1.54) is 0 Å². The monoisotopic (exact) mass is 308 g/mol. The van der Waals surface area contributed by atoms with Gasteiger partial charge in [-0.25, -0.2) is 0 Å². The van der Waals surface area contributed by atoms with E-state index in [2.05, 4.69) is 10.6 Å².